The minimum Gasteiger partial charge on any atom is -0.331 e. The maximum atomic E-state index is 13.0. The van der Waals surface area contributed by atoms with E-state index in [-0.39, 0.29) is 11.9 Å². The Morgan fingerprint density at radius 2 is 1.74 bits per heavy atom. The van der Waals surface area contributed by atoms with Gasteiger partial charge in [0.05, 0.1) is 6.04 Å². The van der Waals surface area contributed by atoms with Crippen molar-refractivity contribution in [3.8, 4) is 0 Å². The molecule has 2 nitrogen and oxygen atoms in total. The van der Waals surface area contributed by atoms with Crippen LogP contribution in [0.3, 0.4) is 0 Å². The van der Waals surface area contributed by atoms with Gasteiger partial charge in [-0.3, -0.25) is 4.79 Å². The van der Waals surface area contributed by atoms with Crippen LogP contribution in [0.25, 0.3) is 0 Å². The molecule has 1 aliphatic heterocycles. The molecule has 0 N–H and O–H groups in total. The first-order chi connectivity index (χ1) is 10.9. The fraction of sp³-hybridized carbons (Fsp3) is 0.350. The first-order valence-corrected chi connectivity index (χ1v) is 8.40. The highest BCUT2D eigenvalue weighted by Crippen LogP contribution is 2.37. The smallest absolute Gasteiger partial charge is 0.228 e. The summed E-state index contributed by atoms with van der Waals surface area (Å²) in [5, 5.41) is 0.714. The lowest BCUT2D eigenvalue weighted by Crippen LogP contribution is -2.45. The van der Waals surface area contributed by atoms with Crippen LogP contribution in [-0.2, 0) is 11.2 Å². The van der Waals surface area contributed by atoms with Crippen LogP contribution in [0.1, 0.15) is 43.5 Å². The van der Waals surface area contributed by atoms with E-state index in [0.717, 1.165) is 18.5 Å². The summed E-state index contributed by atoms with van der Waals surface area (Å²) in [7, 11) is 0. The number of benzene rings is 2. The van der Waals surface area contributed by atoms with E-state index >= 15 is 0 Å². The molecular formula is C20H22ClNO. The van der Waals surface area contributed by atoms with Gasteiger partial charge in [0.25, 0.3) is 0 Å². The molecule has 1 amide bonds. The van der Waals surface area contributed by atoms with Crippen LogP contribution >= 0.6 is 11.6 Å². The van der Waals surface area contributed by atoms with Crippen molar-refractivity contribution in [2.75, 3.05) is 6.54 Å². The van der Waals surface area contributed by atoms with Gasteiger partial charge < -0.3 is 4.90 Å². The Morgan fingerprint density at radius 1 is 1.09 bits per heavy atom. The highest BCUT2D eigenvalue weighted by atomic mass is 35.5. The maximum absolute atomic E-state index is 13.0. The van der Waals surface area contributed by atoms with E-state index in [0.29, 0.717) is 5.02 Å². The summed E-state index contributed by atoms with van der Waals surface area (Å²) in [6, 6.07) is 16.2. The zero-order valence-corrected chi connectivity index (χ0v) is 14.6. The molecule has 0 saturated carbocycles. The SMILES string of the molecule is CC(C)(C)C(=O)N1CCc2ccccc2[C@@H]1c1ccc(Cl)cc1. The highest BCUT2D eigenvalue weighted by molar-refractivity contribution is 6.30. The maximum Gasteiger partial charge on any atom is 0.228 e. The van der Waals surface area contributed by atoms with E-state index in [1.807, 2.05) is 56.0 Å². The zero-order valence-electron chi connectivity index (χ0n) is 13.8. The van der Waals surface area contributed by atoms with Crippen molar-refractivity contribution in [2.45, 2.75) is 33.2 Å². The molecule has 3 heteroatoms. The van der Waals surface area contributed by atoms with Crippen LogP contribution in [0, 0.1) is 5.41 Å². The average molecular weight is 328 g/mol. The molecule has 1 heterocycles. The molecule has 0 spiro atoms. The molecular weight excluding hydrogens is 306 g/mol. The Morgan fingerprint density at radius 3 is 2.39 bits per heavy atom. The molecule has 0 fully saturated rings. The van der Waals surface area contributed by atoms with Crippen LogP contribution in [0.2, 0.25) is 5.02 Å². The lowest BCUT2D eigenvalue weighted by molar-refractivity contribution is -0.141. The van der Waals surface area contributed by atoms with Gasteiger partial charge in [0.1, 0.15) is 0 Å². The van der Waals surface area contributed by atoms with Gasteiger partial charge >= 0.3 is 0 Å². The van der Waals surface area contributed by atoms with Gasteiger partial charge in [-0.15, -0.1) is 0 Å². The Bertz CT molecular complexity index is 715. The Hall–Kier alpha value is -1.80. The Labute approximate surface area is 143 Å². The van der Waals surface area contributed by atoms with Crippen molar-refractivity contribution in [3.05, 3.63) is 70.2 Å². The largest absolute Gasteiger partial charge is 0.331 e. The zero-order chi connectivity index (χ0) is 16.6. The van der Waals surface area contributed by atoms with Crippen molar-refractivity contribution in [3.63, 3.8) is 0 Å². The number of amides is 1. The van der Waals surface area contributed by atoms with Crippen LogP contribution in [0.15, 0.2) is 48.5 Å². The van der Waals surface area contributed by atoms with Crippen molar-refractivity contribution < 1.29 is 4.79 Å². The minimum absolute atomic E-state index is 0.0380. The van der Waals surface area contributed by atoms with E-state index in [2.05, 4.69) is 18.2 Å². The molecule has 23 heavy (non-hydrogen) atoms. The van der Waals surface area contributed by atoms with Crippen LogP contribution in [-0.4, -0.2) is 17.4 Å². The number of hydrogen-bond acceptors (Lipinski definition) is 1. The standard InChI is InChI=1S/C20H22ClNO/c1-20(2,3)19(23)22-13-12-14-6-4-5-7-17(14)18(22)15-8-10-16(21)11-9-15/h4-11,18H,12-13H2,1-3H3/t18-/m0/s1. The van der Waals surface area contributed by atoms with Crippen LogP contribution in [0.5, 0.6) is 0 Å². The number of nitrogens with zero attached hydrogens (tertiary/aromatic N) is 1. The van der Waals surface area contributed by atoms with Gasteiger partial charge in [-0.05, 0) is 35.2 Å². The van der Waals surface area contributed by atoms with Gasteiger partial charge in [0.15, 0.2) is 0 Å². The molecule has 3 rings (SSSR count). The summed E-state index contributed by atoms with van der Waals surface area (Å²) in [4.78, 5) is 15.0. The fourth-order valence-electron chi connectivity index (χ4n) is 3.22. The second kappa shape index (κ2) is 6.01. The van der Waals surface area contributed by atoms with E-state index in [1.165, 1.54) is 11.1 Å². The molecule has 0 radical (unpaired) electrons. The lowest BCUT2D eigenvalue weighted by atomic mass is 9.85. The molecule has 2 aromatic carbocycles. The van der Waals surface area contributed by atoms with Crippen LogP contribution < -0.4 is 0 Å². The third kappa shape index (κ3) is 3.13. The predicted octanol–water partition coefficient (Wildman–Crippen LogP) is 4.86. The van der Waals surface area contributed by atoms with Crippen molar-refractivity contribution in [1.29, 1.82) is 0 Å². The molecule has 0 unspecified atom stereocenters. The molecule has 1 atom stereocenters. The topological polar surface area (TPSA) is 20.3 Å². The first kappa shape index (κ1) is 16.1. The van der Waals surface area contributed by atoms with Crippen molar-refractivity contribution in [1.82, 2.24) is 4.90 Å². The van der Waals surface area contributed by atoms with E-state index < -0.39 is 5.41 Å². The summed E-state index contributed by atoms with van der Waals surface area (Å²) in [5.74, 6) is 0.187. The lowest BCUT2D eigenvalue weighted by Gasteiger charge is -2.40. The van der Waals surface area contributed by atoms with Gasteiger partial charge in [-0.1, -0.05) is 68.8 Å². The molecule has 0 saturated heterocycles. The number of hydrogen-bond donors (Lipinski definition) is 0. The summed E-state index contributed by atoms with van der Waals surface area (Å²) in [6.45, 7) is 6.69. The molecule has 2 aromatic rings. The third-order valence-electron chi connectivity index (χ3n) is 4.37. The predicted molar refractivity (Wildman–Crippen MR) is 94.6 cm³/mol. The first-order valence-electron chi connectivity index (χ1n) is 8.02. The molecule has 1 aliphatic rings. The summed E-state index contributed by atoms with van der Waals surface area (Å²) in [6.07, 6.45) is 0.905. The van der Waals surface area contributed by atoms with E-state index in [4.69, 9.17) is 11.6 Å². The average Bonchev–Trinajstić information content (AvgIpc) is 2.53. The van der Waals surface area contributed by atoms with Crippen molar-refractivity contribution >= 4 is 17.5 Å². The minimum atomic E-state index is -0.392. The third-order valence-corrected chi connectivity index (χ3v) is 4.62. The van der Waals surface area contributed by atoms with Gasteiger partial charge in [-0.2, -0.15) is 0 Å². The second-order valence-corrected chi connectivity index (χ2v) is 7.59. The van der Waals surface area contributed by atoms with E-state index in [9.17, 15) is 4.79 Å². The highest BCUT2D eigenvalue weighted by Gasteiger charge is 2.36. The normalized spacial score (nSPS) is 17.7. The van der Waals surface area contributed by atoms with Gasteiger partial charge in [-0.25, -0.2) is 0 Å². The Kier molecular flexibility index (Phi) is 4.20. The van der Waals surface area contributed by atoms with Crippen molar-refractivity contribution in [2.24, 2.45) is 5.41 Å². The molecule has 0 aliphatic carbocycles. The summed E-state index contributed by atoms with van der Waals surface area (Å²) < 4.78 is 0. The summed E-state index contributed by atoms with van der Waals surface area (Å²) in [5.41, 5.74) is 3.26. The van der Waals surface area contributed by atoms with Gasteiger partial charge in [0, 0.05) is 17.0 Å². The molecule has 120 valence electrons. The number of carbonyl (C=O) groups is 1. The number of rotatable bonds is 1. The molecule has 0 bridgehead atoms. The van der Waals surface area contributed by atoms with Gasteiger partial charge in [0.2, 0.25) is 5.91 Å². The van der Waals surface area contributed by atoms with E-state index in [1.54, 1.807) is 0 Å². The Balaban J connectivity index is 2.10. The summed E-state index contributed by atoms with van der Waals surface area (Å²) >= 11 is 6.04. The molecule has 0 aromatic heterocycles. The fourth-order valence-corrected chi connectivity index (χ4v) is 3.35. The number of fused-ring (bicyclic) bond motifs is 1. The monoisotopic (exact) mass is 327 g/mol. The number of carbonyl (C=O) groups excluding carboxylic acids is 1. The number of halogens is 1. The quantitative estimate of drug-likeness (QED) is 0.732. The second-order valence-electron chi connectivity index (χ2n) is 7.15. The van der Waals surface area contributed by atoms with Crippen LogP contribution in [0.4, 0.5) is 0 Å².